The molecule has 0 spiro atoms. The molecule has 0 N–H and O–H groups in total. The van der Waals surface area contributed by atoms with Crippen molar-refractivity contribution in [2.24, 2.45) is 5.92 Å². The van der Waals surface area contributed by atoms with Gasteiger partial charge in [-0.15, -0.1) is 5.73 Å². The predicted molar refractivity (Wildman–Crippen MR) is 111 cm³/mol. The van der Waals surface area contributed by atoms with Crippen molar-refractivity contribution in [1.82, 2.24) is 4.31 Å². The molecule has 0 radical (unpaired) electrons. The zero-order valence-corrected chi connectivity index (χ0v) is 16.9. The topological polar surface area (TPSA) is 37.4 Å². The van der Waals surface area contributed by atoms with Crippen molar-refractivity contribution in [2.45, 2.75) is 25.7 Å². The van der Waals surface area contributed by atoms with Crippen molar-refractivity contribution in [3.05, 3.63) is 88.7 Å². The van der Waals surface area contributed by atoms with Crippen LogP contribution in [0, 0.1) is 19.8 Å². The van der Waals surface area contributed by atoms with Gasteiger partial charge in [0.05, 0.1) is 4.90 Å². The molecule has 1 atom stereocenters. The van der Waals surface area contributed by atoms with Gasteiger partial charge in [0.25, 0.3) is 0 Å². The minimum Gasteiger partial charge on any atom is -0.207 e. The maximum atomic E-state index is 13.0. The Morgan fingerprint density at radius 3 is 2.44 bits per heavy atom. The largest absolute Gasteiger partial charge is 0.243 e. The molecule has 27 heavy (non-hydrogen) atoms. The molecule has 1 fully saturated rings. The van der Waals surface area contributed by atoms with Gasteiger partial charge >= 0.3 is 0 Å². The third kappa shape index (κ3) is 4.14. The molecule has 0 saturated carbocycles. The van der Waals surface area contributed by atoms with Crippen LogP contribution in [0.2, 0.25) is 0 Å². The van der Waals surface area contributed by atoms with Crippen LogP contribution in [-0.4, -0.2) is 25.8 Å². The Bertz CT molecular complexity index is 1030. The van der Waals surface area contributed by atoms with Crippen LogP contribution in [0.4, 0.5) is 0 Å². The number of hydrogen-bond donors (Lipinski definition) is 0. The summed E-state index contributed by atoms with van der Waals surface area (Å²) >= 11 is 0. The number of aryl methyl sites for hydroxylation is 2. The molecular formula is C23H25NO2S. The van der Waals surface area contributed by atoms with E-state index in [-0.39, 0.29) is 5.92 Å². The second-order valence-electron chi connectivity index (χ2n) is 7.18. The van der Waals surface area contributed by atoms with Crippen molar-refractivity contribution < 1.29 is 8.42 Å². The summed E-state index contributed by atoms with van der Waals surface area (Å²) in [6.45, 7) is 10.8. The number of sulfonamides is 1. The van der Waals surface area contributed by atoms with Crippen molar-refractivity contribution >= 4 is 16.1 Å². The standard InChI is InChI=1S/C23H25NO2S/c1-17(2)23-16-24(27(25,26)22-13-9-18(3)10-14-22)15-21(23)12-11-20-8-6-5-7-19(20)4/h5-11,13-14,23H,1,15-16H2,2-4H3. The molecule has 0 bridgehead atoms. The summed E-state index contributed by atoms with van der Waals surface area (Å²) in [5.74, 6) is -0.00880. The number of benzene rings is 2. The van der Waals surface area contributed by atoms with Gasteiger partial charge in [-0.3, -0.25) is 0 Å². The highest BCUT2D eigenvalue weighted by Gasteiger charge is 2.36. The van der Waals surface area contributed by atoms with Crippen molar-refractivity contribution in [2.75, 3.05) is 13.1 Å². The van der Waals surface area contributed by atoms with Gasteiger partial charge in [-0.05, 0) is 55.7 Å². The lowest BCUT2D eigenvalue weighted by atomic mass is 9.96. The van der Waals surface area contributed by atoms with E-state index in [2.05, 4.69) is 25.3 Å². The van der Waals surface area contributed by atoms with E-state index in [9.17, 15) is 8.42 Å². The fourth-order valence-corrected chi connectivity index (χ4v) is 4.67. The van der Waals surface area contributed by atoms with E-state index in [0.29, 0.717) is 18.0 Å². The van der Waals surface area contributed by atoms with Gasteiger partial charge < -0.3 is 0 Å². The Hall–Kier alpha value is -2.39. The first-order valence-electron chi connectivity index (χ1n) is 9.02. The Morgan fingerprint density at radius 2 is 1.81 bits per heavy atom. The normalized spacial score (nSPS) is 17.6. The predicted octanol–water partition coefficient (Wildman–Crippen LogP) is 4.74. The van der Waals surface area contributed by atoms with Gasteiger partial charge in [0.2, 0.25) is 10.0 Å². The SMILES string of the molecule is C=C(C)C1CN(S(=O)(=O)c2ccc(C)cc2)CC1=C=Cc1ccccc1C. The van der Waals surface area contributed by atoms with E-state index in [1.165, 1.54) is 9.87 Å². The number of rotatable bonds is 4. The monoisotopic (exact) mass is 379 g/mol. The Labute approximate surface area is 162 Å². The lowest BCUT2D eigenvalue weighted by Crippen LogP contribution is -2.29. The molecule has 2 aromatic carbocycles. The molecule has 140 valence electrons. The maximum Gasteiger partial charge on any atom is 0.243 e. The molecule has 3 rings (SSSR count). The summed E-state index contributed by atoms with van der Waals surface area (Å²) in [6, 6.07) is 15.1. The highest BCUT2D eigenvalue weighted by atomic mass is 32.2. The van der Waals surface area contributed by atoms with E-state index >= 15 is 0 Å². The first kappa shape index (κ1) is 19.4. The first-order valence-corrected chi connectivity index (χ1v) is 10.5. The molecule has 0 aromatic heterocycles. The number of nitrogens with zero attached hydrogens (tertiary/aromatic N) is 1. The summed E-state index contributed by atoms with van der Waals surface area (Å²) in [5.41, 5.74) is 8.57. The van der Waals surface area contributed by atoms with Gasteiger partial charge in [0.1, 0.15) is 0 Å². The molecule has 0 aliphatic carbocycles. The Kier molecular flexibility index (Phi) is 5.52. The Morgan fingerprint density at radius 1 is 1.15 bits per heavy atom. The summed E-state index contributed by atoms with van der Waals surface area (Å²) < 4.78 is 27.6. The highest BCUT2D eigenvalue weighted by molar-refractivity contribution is 7.89. The van der Waals surface area contributed by atoms with Crippen molar-refractivity contribution in [3.8, 4) is 0 Å². The zero-order chi connectivity index (χ0) is 19.6. The van der Waals surface area contributed by atoms with E-state index in [1.807, 2.05) is 50.3 Å². The van der Waals surface area contributed by atoms with Crippen LogP contribution >= 0.6 is 0 Å². The quantitative estimate of drug-likeness (QED) is 0.568. The summed E-state index contributed by atoms with van der Waals surface area (Å²) in [6.07, 6.45) is 1.95. The fourth-order valence-electron chi connectivity index (χ4n) is 3.24. The third-order valence-corrected chi connectivity index (χ3v) is 6.83. The molecule has 1 saturated heterocycles. The van der Waals surface area contributed by atoms with Crippen LogP contribution in [0.3, 0.4) is 0 Å². The molecule has 4 heteroatoms. The average molecular weight is 380 g/mol. The van der Waals surface area contributed by atoms with Crippen LogP contribution < -0.4 is 0 Å². The number of hydrogen-bond acceptors (Lipinski definition) is 2. The first-order chi connectivity index (χ1) is 12.8. The molecule has 1 aliphatic rings. The molecule has 1 heterocycles. The second-order valence-corrected chi connectivity index (χ2v) is 9.12. The molecule has 0 amide bonds. The third-order valence-electron chi connectivity index (χ3n) is 5.01. The maximum absolute atomic E-state index is 13.0. The average Bonchev–Trinajstić information content (AvgIpc) is 3.07. The smallest absolute Gasteiger partial charge is 0.207 e. The van der Waals surface area contributed by atoms with E-state index in [1.54, 1.807) is 12.1 Å². The minimum atomic E-state index is -3.53. The van der Waals surface area contributed by atoms with Gasteiger partial charge in [-0.2, -0.15) is 4.31 Å². The summed E-state index contributed by atoms with van der Waals surface area (Å²) in [7, 11) is -3.53. The molecule has 1 aliphatic heterocycles. The fraction of sp³-hybridized carbons (Fsp3) is 0.261. The molecular weight excluding hydrogens is 354 g/mol. The Balaban J connectivity index is 1.95. The van der Waals surface area contributed by atoms with Gasteiger partial charge in [-0.25, -0.2) is 8.42 Å². The minimum absolute atomic E-state index is 0.00880. The molecule has 2 aromatic rings. The summed E-state index contributed by atoms with van der Waals surface area (Å²) in [5, 5.41) is 0. The van der Waals surface area contributed by atoms with E-state index in [4.69, 9.17) is 0 Å². The van der Waals surface area contributed by atoms with Crippen LogP contribution in [0.5, 0.6) is 0 Å². The van der Waals surface area contributed by atoms with E-state index in [0.717, 1.165) is 22.3 Å². The summed E-state index contributed by atoms with van der Waals surface area (Å²) in [4.78, 5) is 0.331. The molecule has 1 unspecified atom stereocenters. The van der Waals surface area contributed by atoms with Gasteiger partial charge in [0, 0.05) is 19.0 Å². The van der Waals surface area contributed by atoms with Crippen LogP contribution in [0.1, 0.15) is 23.6 Å². The van der Waals surface area contributed by atoms with Crippen molar-refractivity contribution in [1.29, 1.82) is 0 Å². The van der Waals surface area contributed by atoms with E-state index < -0.39 is 10.0 Å². The van der Waals surface area contributed by atoms with Crippen LogP contribution in [0.15, 0.2) is 76.9 Å². The van der Waals surface area contributed by atoms with Crippen LogP contribution in [-0.2, 0) is 10.0 Å². The zero-order valence-electron chi connectivity index (χ0n) is 16.1. The van der Waals surface area contributed by atoms with Gasteiger partial charge in [-0.1, -0.05) is 54.1 Å². The molecule has 3 nitrogen and oxygen atoms in total. The van der Waals surface area contributed by atoms with Gasteiger partial charge in [0.15, 0.2) is 0 Å². The van der Waals surface area contributed by atoms with Crippen LogP contribution in [0.25, 0.3) is 6.08 Å². The second kappa shape index (κ2) is 7.69. The lowest BCUT2D eigenvalue weighted by Gasteiger charge is -2.16. The highest BCUT2D eigenvalue weighted by Crippen LogP contribution is 2.31. The van der Waals surface area contributed by atoms with Crippen molar-refractivity contribution in [3.63, 3.8) is 0 Å². The lowest BCUT2D eigenvalue weighted by molar-refractivity contribution is 0.468.